The minimum absolute atomic E-state index is 0.107. The van der Waals surface area contributed by atoms with Crippen LogP contribution in [0.2, 0.25) is 0 Å². The Morgan fingerprint density at radius 2 is 2.32 bits per heavy atom. The van der Waals surface area contributed by atoms with E-state index in [1.807, 2.05) is 0 Å². The molecule has 2 N–H and O–H groups in total. The van der Waals surface area contributed by atoms with Gasteiger partial charge in [0, 0.05) is 38.2 Å². The van der Waals surface area contributed by atoms with Gasteiger partial charge < -0.3 is 10.1 Å². The molecule has 1 atom stereocenters. The second-order valence-electron chi connectivity index (χ2n) is 6.12. The van der Waals surface area contributed by atoms with Crippen molar-refractivity contribution >= 4 is 10.0 Å². The third kappa shape index (κ3) is 3.90. The van der Waals surface area contributed by atoms with Gasteiger partial charge in [0.2, 0.25) is 10.0 Å². The number of rotatable bonds is 7. The van der Waals surface area contributed by atoms with Gasteiger partial charge in [0.25, 0.3) is 0 Å². The number of hydrogen-bond acceptors (Lipinski definition) is 5. The Morgan fingerprint density at radius 1 is 1.48 bits per heavy atom. The summed E-state index contributed by atoms with van der Waals surface area (Å²) in [4.78, 5) is -0.107. The largest absolute Gasteiger partial charge is 0.385 e. The van der Waals surface area contributed by atoms with Crippen LogP contribution in [0.25, 0.3) is 5.69 Å². The Labute approximate surface area is 146 Å². The van der Waals surface area contributed by atoms with Crippen LogP contribution < -0.4 is 10.0 Å². The van der Waals surface area contributed by atoms with E-state index in [1.165, 1.54) is 23.0 Å². The zero-order valence-electron chi connectivity index (χ0n) is 13.9. The van der Waals surface area contributed by atoms with Crippen molar-refractivity contribution < 1.29 is 17.5 Å². The van der Waals surface area contributed by atoms with E-state index < -0.39 is 21.4 Å². The van der Waals surface area contributed by atoms with Crippen LogP contribution in [0.3, 0.4) is 0 Å². The van der Waals surface area contributed by atoms with Crippen molar-refractivity contribution in [3.8, 4) is 5.69 Å². The maximum Gasteiger partial charge on any atom is 0.241 e. The molecule has 1 fully saturated rings. The Kier molecular flexibility index (Phi) is 5.19. The molecule has 1 unspecified atom stereocenters. The summed E-state index contributed by atoms with van der Waals surface area (Å²) < 4.78 is 49.0. The number of methoxy groups -OCH3 is 1. The first kappa shape index (κ1) is 18.0. The molecule has 1 aliphatic rings. The molecule has 0 radical (unpaired) electrons. The molecule has 1 aromatic heterocycles. The monoisotopic (exact) mass is 368 g/mol. The summed E-state index contributed by atoms with van der Waals surface area (Å²) in [7, 11) is -2.28. The fraction of sp³-hybridized carbons (Fsp3) is 0.438. The normalized spacial score (nSPS) is 20.9. The van der Waals surface area contributed by atoms with E-state index in [0.29, 0.717) is 26.0 Å². The number of hydrogen-bond donors (Lipinski definition) is 2. The number of aromatic nitrogens is 2. The maximum absolute atomic E-state index is 14.4. The highest BCUT2D eigenvalue weighted by Crippen LogP contribution is 2.24. The molecule has 136 valence electrons. The van der Waals surface area contributed by atoms with E-state index in [2.05, 4.69) is 15.1 Å². The molecular formula is C16H21FN4O3S. The Morgan fingerprint density at radius 3 is 2.92 bits per heavy atom. The van der Waals surface area contributed by atoms with Crippen LogP contribution in [0.1, 0.15) is 12.8 Å². The van der Waals surface area contributed by atoms with E-state index >= 15 is 0 Å². The van der Waals surface area contributed by atoms with Gasteiger partial charge in [-0.05, 0) is 43.7 Å². The summed E-state index contributed by atoms with van der Waals surface area (Å²) >= 11 is 0. The predicted octanol–water partition coefficient (Wildman–Crippen LogP) is 1.06. The fourth-order valence-electron chi connectivity index (χ4n) is 2.99. The zero-order chi connectivity index (χ0) is 17.9. The summed E-state index contributed by atoms with van der Waals surface area (Å²) in [6.45, 7) is 1.68. The van der Waals surface area contributed by atoms with Crippen molar-refractivity contribution in [1.82, 2.24) is 19.8 Å². The van der Waals surface area contributed by atoms with Crippen molar-refractivity contribution in [1.29, 1.82) is 0 Å². The molecule has 0 bridgehead atoms. The number of halogens is 1. The highest BCUT2D eigenvalue weighted by atomic mass is 32.2. The molecule has 1 saturated heterocycles. The minimum Gasteiger partial charge on any atom is -0.385 e. The highest BCUT2D eigenvalue weighted by Gasteiger charge is 2.37. The van der Waals surface area contributed by atoms with E-state index in [9.17, 15) is 12.8 Å². The zero-order valence-corrected chi connectivity index (χ0v) is 14.7. The molecule has 0 spiro atoms. The quantitative estimate of drug-likeness (QED) is 0.763. The Balaban J connectivity index is 1.85. The molecule has 0 amide bonds. The van der Waals surface area contributed by atoms with Crippen molar-refractivity contribution in [3.05, 3.63) is 42.5 Å². The van der Waals surface area contributed by atoms with Crippen molar-refractivity contribution in [2.45, 2.75) is 23.3 Å². The molecule has 2 aromatic rings. The lowest BCUT2D eigenvalue weighted by atomic mass is 9.96. The van der Waals surface area contributed by atoms with Gasteiger partial charge in [-0.15, -0.1) is 0 Å². The van der Waals surface area contributed by atoms with E-state index in [1.54, 1.807) is 19.4 Å². The first-order valence-corrected chi connectivity index (χ1v) is 9.47. The lowest BCUT2D eigenvalue weighted by Gasteiger charge is -2.29. The maximum atomic E-state index is 14.4. The Bertz CT molecular complexity index is 818. The van der Waals surface area contributed by atoms with Crippen LogP contribution in [0.4, 0.5) is 4.39 Å². The molecule has 0 saturated carbocycles. The van der Waals surface area contributed by atoms with Gasteiger partial charge in [-0.1, -0.05) is 0 Å². The molecule has 9 heteroatoms. The number of nitrogens with zero attached hydrogens (tertiary/aromatic N) is 2. The third-order valence-corrected chi connectivity index (χ3v) is 5.94. The van der Waals surface area contributed by atoms with Gasteiger partial charge in [-0.25, -0.2) is 22.2 Å². The van der Waals surface area contributed by atoms with E-state index in [4.69, 9.17) is 4.74 Å². The fourth-order valence-corrected chi connectivity index (χ4v) is 4.46. The van der Waals surface area contributed by atoms with Gasteiger partial charge in [-0.2, -0.15) is 5.10 Å². The number of nitrogens with one attached hydrogen (secondary N) is 2. The number of sulfonamides is 1. The van der Waals surface area contributed by atoms with Crippen LogP contribution >= 0.6 is 0 Å². The molecular weight excluding hydrogens is 347 g/mol. The SMILES string of the molecule is COCCC1(NS(=O)(=O)c2ccc(-n3cccn3)c(F)c2)CCNC1. The van der Waals surface area contributed by atoms with Crippen molar-refractivity contribution in [2.75, 3.05) is 26.8 Å². The smallest absolute Gasteiger partial charge is 0.241 e. The summed E-state index contributed by atoms with van der Waals surface area (Å²) in [5.74, 6) is -0.651. The first-order chi connectivity index (χ1) is 12.0. The molecule has 7 nitrogen and oxygen atoms in total. The average Bonchev–Trinajstić information content (AvgIpc) is 3.25. The average molecular weight is 368 g/mol. The van der Waals surface area contributed by atoms with Crippen LogP contribution in [0, 0.1) is 5.82 Å². The summed E-state index contributed by atoms with van der Waals surface area (Å²) in [5.41, 5.74) is -0.424. The second kappa shape index (κ2) is 7.20. The van der Waals surface area contributed by atoms with Crippen molar-refractivity contribution in [3.63, 3.8) is 0 Å². The van der Waals surface area contributed by atoms with Crippen LogP contribution in [-0.4, -0.2) is 50.5 Å². The Hall–Kier alpha value is -1.81. The van der Waals surface area contributed by atoms with Gasteiger partial charge >= 0.3 is 0 Å². The number of ether oxygens (including phenoxy) is 1. The van der Waals surface area contributed by atoms with Crippen LogP contribution in [0.5, 0.6) is 0 Å². The number of benzene rings is 1. The lowest BCUT2D eigenvalue weighted by Crippen LogP contribution is -2.50. The van der Waals surface area contributed by atoms with Gasteiger partial charge in [-0.3, -0.25) is 0 Å². The predicted molar refractivity (Wildman–Crippen MR) is 90.6 cm³/mol. The third-order valence-electron chi connectivity index (χ3n) is 4.36. The van der Waals surface area contributed by atoms with Crippen LogP contribution in [0.15, 0.2) is 41.6 Å². The van der Waals surface area contributed by atoms with E-state index in [0.717, 1.165) is 12.6 Å². The van der Waals surface area contributed by atoms with Gasteiger partial charge in [0.1, 0.15) is 11.5 Å². The highest BCUT2D eigenvalue weighted by molar-refractivity contribution is 7.89. The topological polar surface area (TPSA) is 85.2 Å². The summed E-state index contributed by atoms with van der Waals surface area (Å²) in [5, 5.41) is 7.12. The van der Waals surface area contributed by atoms with Gasteiger partial charge in [0.05, 0.1) is 4.90 Å². The second-order valence-corrected chi connectivity index (χ2v) is 7.80. The molecule has 3 rings (SSSR count). The van der Waals surface area contributed by atoms with E-state index in [-0.39, 0.29) is 10.6 Å². The molecule has 0 aliphatic carbocycles. The standard InChI is InChI=1S/C16H21FN4O3S/c1-24-10-6-16(5-8-18-12-16)20-25(22,23)13-3-4-15(14(17)11-13)21-9-2-7-19-21/h2-4,7,9,11,18,20H,5-6,8,10,12H2,1H3. The van der Waals surface area contributed by atoms with Crippen LogP contribution in [-0.2, 0) is 14.8 Å². The summed E-state index contributed by atoms with van der Waals surface area (Å²) in [6, 6.07) is 5.48. The lowest BCUT2D eigenvalue weighted by molar-refractivity contribution is 0.167. The molecule has 1 aromatic carbocycles. The minimum atomic E-state index is -3.86. The first-order valence-electron chi connectivity index (χ1n) is 7.99. The summed E-state index contributed by atoms with van der Waals surface area (Å²) in [6.07, 6.45) is 4.32. The van der Waals surface area contributed by atoms with Crippen molar-refractivity contribution in [2.24, 2.45) is 0 Å². The van der Waals surface area contributed by atoms with Gasteiger partial charge in [0.15, 0.2) is 0 Å². The molecule has 2 heterocycles. The molecule has 25 heavy (non-hydrogen) atoms. The molecule has 1 aliphatic heterocycles.